The van der Waals surface area contributed by atoms with Crippen LogP contribution in [0.2, 0.25) is 0 Å². The van der Waals surface area contributed by atoms with Crippen molar-refractivity contribution in [1.82, 2.24) is 4.57 Å². The van der Waals surface area contributed by atoms with Gasteiger partial charge in [-0.25, -0.2) is 4.79 Å². The molecular formula is C15H16N2O4S. The molecule has 0 unspecified atom stereocenters. The van der Waals surface area contributed by atoms with Crippen LogP contribution in [0, 0.1) is 6.92 Å². The van der Waals surface area contributed by atoms with E-state index in [9.17, 15) is 14.4 Å². The molecule has 6 nitrogen and oxygen atoms in total. The highest BCUT2D eigenvalue weighted by Crippen LogP contribution is 2.15. The number of rotatable bonds is 5. The van der Waals surface area contributed by atoms with Gasteiger partial charge < -0.3 is 10.4 Å². The maximum atomic E-state index is 12.1. The van der Waals surface area contributed by atoms with E-state index in [0.717, 1.165) is 5.56 Å². The fraction of sp³-hybridized carbons (Fsp3) is 0.267. The van der Waals surface area contributed by atoms with Crippen LogP contribution in [0.25, 0.3) is 0 Å². The van der Waals surface area contributed by atoms with Crippen LogP contribution < -0.4 is 10.2 Å². The van der Waals surface area contributed by atoms with Gasteiger partial charge in [0.15, 0.2) is 0 Å². The summed E-state index contributed by atoms with van der Waals surface area (Å²) in [5, 5.41) is 11.8. The SMILES string of the molecule is CCc1c(C(=O)O)sc(=O)n1CC(=O)Nc1ccccc1C. The summed E-state index contributed by atoms with van der Waals surface area (Å²) in [6, 6.07) is 7.31. The van der Waals surface area contributed by atoms with Crippen molar-refractivity contribution >= 4 is 28.9 Å². The van der Waals surface area contributed by atoms with Crippen LogP contribution in [0.4, 0.5) is 5.69 Å². The summed E-state index contributed by atoms with van der Waals surface area (Å²) in [4.78, 5) is 34.7. The van der Waals surface area contributed by atoms with E-state index in [1.165, 1.54) is 4.57 Å². The Bertz CT molecular complexity index is 776. The molecule has 1 aromatic heterocycles. The number of aromatic nitrogens is 1. The maximum Gasteiger partial charge on any atom is 0.347 e. The number of carboxylic acid groups (broad SMARTS) is 1. The Balaban J connectivity index is 2.24. The number of benzene rings is 1. The lowest BCUT2D eigenvalue weighted by atomic mass is 10.2. The molecule has 0 saturated carbocycles. The Hall–Kier alpha value is -2.41. The fourth-order valence-corrected chi connectivity index (χ4v) is 3.08. The van der Waals surface area contributed by atoms with Crippen molar-refractivity contribution in [2.45, 2.75) is 26.8 Å². The normalized spacial score (nSPS) is 10.5. The Morgan fingerprint density at radius 3 is 2.59 bits per heavy atom. The molecule has 1 amide bonds. The molecule has 2 rings (SSSR count). The second-order valence-electron chi connectivity index (χ2n) is 4.75. The van der Waals surface area contributed by atoms with Gasteiger partial charge in [0.05, 0.1) is 0 Å². The first kappa shape index (κ1) is 16.0. The lowest BCUT2D eigenvalue weighted by Crippen LogP contribution is -2.26. The third-order valence-corrected chi connectivity index (χ3v) is 4.26. The van der Waals surface area contributed by atoms with E-state index < -0.39 is 10.8 Å². The molecule has 2 aromatic rings. The summed E-state index contributed by atoms with van der Waals surface area (Å²) in [5.41, 5.74) is 1.96. The molecule has 7 heteroatoms. The van der Waals surface area contributed by atoms with Gasteiger partial charge in [0, 0.05) is 11.4 Å². The van der Waals surface area contributed by atoms with Crippen molar-refractivity contribution < 1.29 is 14.7 Å². The number of thiazole rings is 1. The lowest BCUT2D eigenvalue weighted by Gasteiger charge is -2.10. The average Bonchev–Trinajstić information content (AvgIpc) is 2.78. The smallest absolute Gasteiger partial charge is 0.347 e. The number of hydrogen-bond donors (Lipinski definition) is 2. The van der Waals surface area contributed by atoms with Gasteiger partial charge in [0.2, 0.25) is 5.91 Å². The number of nitrogens with zero attached hydrogens (tertiary/aromatic N) is 1. The van der Waals surface area contributed by atoms with Gasteiger partial charge in [-0.1, -0.05) is 36.5 Å². The number of carbonyl (C=O) groups excluding carboxylic acids is 1. The Morgan fingerprint density at radius 2 is 2.00 bits per heavy atom. The molecule has 1 heterocycles. The quantitative estimate of drug-likeness (QED) is 0.883. The number of nitrogens with one attached hydrogen (secondary N) is 1. The highest BCUT2D eigenvalue weighted by molar-refractivity contribution is 7.11. The van der Waals surface area contributed by atoms with Crippen molar-refractivity contribution in [3.63, 3.8) is 0 Å². The highest BCUT2D eigenvalue weighted by atomic mass is 32.1. The highest BCUT2D eigenvalue weighted by Gasteiger charge is 2.20. The molecule has 2 N–H and O–H groups in total. The standard InChI is InChI=1S/C15H16N2O4S/c1-3-11-13(14(19)20)22-15(21)17(11)8-12(18)16-10-7-5-4-6-9(10)2/h4-7H,3,8H2,1-2H3,(H,16,18)(H,19,20). The van der Waals surface area contributed by atoms with E-state index in [1.807, 2.05) is 19.1 Å². The molecule has 0 saturated heterocycles. The molecule has 0 spiro atoms. The van der Waals surface area contributed by atoms with Gasteiger partial charge in [0.1, 0.15) is 11.4 Å². The number of carbonyl (C=O) groups is 2. The average molecular weight is 320 g/mol. The number of anilines is 1. The number of para-hydroxylation sites is 1. The summed E-state index contributed by atoms with van der Waals surface area (Å²) in [7, 11) is 0. The summed E-state index contributed by atoms with van der Waals surface area (Å²) >= 11 is 0.653. The third kappa shape index (κ3) is 3.25. The molecule has 0 aliphatic carbocycles. The van der Waals surface area contributed by atoms with Crippen molar-refractivity contribution in [2.24, 2.45) is 0 Å². The van der Waals surface area contributed by atoms with Gasteiger partial charge >= 0.3 is 10.8 Å². The minimum Gasteiger partial charge on any atom is -0.477 e. The zero-order valence-electron chi connectivity index (χ0n) is 12.3. The summed E-state index contributed by atoms with van der Waals surface area (Å²) in [6.45, 7) is 3.43. The first-order chi connectivity index (χ1) is 10.4. The van der Waals surface area contributed by atoms with Crippen molar-refractivity contribution in [3.05, 3.63) is 50.1 Å². The number of carboxylic acids is 1. The van der Waals surface area contributed by atoms with Crippen molar-refractivity contribution in [2.75, 3.05) is 5.32 Å². The van der Waals surface area contributed by atoms with Crippen molar-refractivity contribution in [3.8, 4) is 0 Å². The second-order valence-corrected chi connectivity index (χ2v) is 5.71. The number of amides is 1. The lowest BCUT2D eigenvalue weighted by molar-refractivity contribution is -0.116. The molecule has 1 aromatic carbocycles. The third-order valence-electron chi connectivity index (χ3n) is 3.25. The van der Waals surface area contributed by atoms with Crippen LogP contribution in [0.1, 0.15) is 27.9 Å². The zero-order chi connectivity index (χ0) is 16.3. The minimum absolute atomic E-state index is 0.00353. The van der Waals surface area contributed by atoms with Crippen LogP contribution in [0.3, 0.4) is 0 Å². The van der Waals surface area contributed by atoms with Crippen molar-refractivity contribution in [1.29, 1.82) is 0 Å². The first-order valence-corrected chi connectivity index (χ1v) is 7.57. The van der Waals surface area contributed by atoms with E-state index in [1.54, 1.807) is 19.1 Å². The maximum absolute atomic E-state index is 12.1. The van der Waals surface area contributed by atoms with Gasteiger partial charge in [-0.3, -0.25) is 14.2 Å². The summed E-state index contributed by atoms with van der Waals surface area (Å²) in [5.74, 6) is -1.50. The Morgan fingerprint density at radius 1 is 1.32 bits per heavy atom. The van der Waals surface area contributed by atoms with E-state index >= 15 is 0 Å². The molecule has 116 valence electrons. The van der Waals surface area contributed by atoms with Gasteiger partial charge in [-0.15, -0.1) is 0 Å². The summed E-state index contributed by atoms with van der Waals surface area (Å²) < 4.78 is 1.22. The van der Waals surface area contributed by atoms with Crippen LogP contribution in [-0.4, -0.2) is 21.6 Å². The molecule has 0 atom stereocenters. The zero-order valence-corrected chi connectivity index (χ0v) is 13.1. The molecule has 22 heavy (non-hydrogen) atoms. The first-order valence-electron chi connectivity index (χ1n) is 6.75. The van der Waals surface area contributed by atoms with Gasteiger partial charge in [-0.2, -0.15) is 0 Å². The second kappa shape index (κ2) is 6.57. The van der Waals surface area contributed by atoms with Gasteiger partial charge in [-0.05, 0) is 25.0 Å². The molecule has 0 radical (unpaired) electrons. The Labute approximate surface area is 131 Å². The van der Waals surface area contributed by atoms with Crippen LogP contribution in [0.15, 0.2) is 29.1 Å². The topological polar surface area (TPSA) is 88.4 Å². The molecule has 0 aliphatic heterocycles. The van der Waals surface area contributed by atoms with Crippen LogP contribution >= 0.6 is 11.3 Å². The molecular weight excluding hydrogens is 304 g/mol. The predicted molar refractivity (Wildman–Crippen MR) is 84.7 cm³/mol. The van der Waals surface area contributed by atoms with Gasteiger partial charge in [0.25, 0.3) is 0 Å². The Kier molecular flexibility index (Phi) is 4.77. The molecule has 0 bridgehead atoms. The van der Waals surface area contributed by atoms with E-state index in [-0.39, 0.29) is 17.3 Å². The van der Waals surface area contributed by atoms with E-state index in [2.05, 4.69) is 5.32 Å². The largest absolute Gasteiger partial charge is 0.477 e. The van der Waals surface area contributed by atoms with E-state index in [0.29, 0.717) is 29.1 Å². The predicted octanol–water partition coefficient (Wildman–Crippen LogP) is 2.12. The number of aromatic carboxylic acids is 1. The molecule has 0 fully saturated rings. The fourth-order valence-electron chi connectivity index (χ4n) is 2.16. The molecule has 0 aliphatic rings. The number of hydrogen-bond acceptors (Lipinski definition) is 4. The van der Waals surface area contributed by atoms with Crippen LogP contribution in [-0.2, 0) is 17.8 Å². The minimum atomic E-state index is -1.14. The summed E-state index contributed by atoms with van der Waals surface area (Å²) in [6.07, 6.45) is 0.373. The van der Waals surface area contributed by atoms with Crippen LogP contribution in [0.5, 0.6) is 0 Å². The van der Waals surface area contributed by atoms with E-state index in [4.69, 9.17) is 5.11 Å². The number of aryl methyl sites for hydroxylation is 1. The monoisotopic (exact) mass is 320 g/mol.